The zero-order valence-corrected chi connectivity index (χ0v) is 11.6. The lowest BCUT2D eigenvalue weighted by molar-refractivity contribution is 0.0785. The monoisotopic (exact) mass is 278 g/mol. The molecule has 0 spiro atoms. The number of amides is 1. The van der Waals surface area contributed by atoms with E-state index >= 15 is 0 Å². The van der Waals surface area contributed by atoms with Gasteiger partial charge in [0.05, 0.1) is 11.8 Å². The van der Waals surface area contributed by atoms with E-state index in [0.29, 0.717) is 22.8 Å². The van der Waals surface area contributed by atoms with E-state index in [-0.39, 0.29) is 5.91 Å². The van der Waals surface area contributed by atoms with Crippen LogP contribution < -0.4 is 5.73 Å². The third-order valence-corrected chi connectivity index (χ3v) is 3.14. The number of anilines is 1. The summed E-state index contributed by atoms with van der Waals surface area (Å²) in [6.45, 7) is 0.400. The standard InChI is InChI=1S/C13H15ClN4O/c1-17(13(19)10-6-16-18(2)8-10)7-9-5-11(15)3-4-12(9)14/h3-6,8H,7,15H2,1-2H3. The molecule has 5 nitrogen and oxygen atoms in total. The van der Waals surface area contributed by atoms with E-state index < -0.39 is 0 Å². The Morgan fingerprint density at radius 1 is 1.53 bits per heavy atom. The van der Waals surface area contributed by atoms with Crippen molar-refractivity contribution in [3.63, 3.8) is 0 Å². The van der Waals surface area contributed by atoms with Gasteiger partial charge in [-0.2, -0.15) is 5.10 Å². The summed E-state index contributed by atoms with van der Waals surface area (Å²) in [6, 6.07) is 5.23. The molecule has 2 N–H and O–H groups in total. The number of nitrogens with zero attached hydrogens (tertiary/aromatic N) is 3. The van der Waals surface area contributed by atoms with Gasteiger partial charge >= 0.3 is 0 Å². The van der Waals surface area contributed by atoms with Crippen LogP contribution in [-0.2, 0) is 13.6 Å². The summed E-state index contributed by atoms with van der Waals surface area (Å²) in [5, 5.41) is 4.58. The van der Waals surface area contributed by atoms with E-state index in [1.807, 2.05) is 0 Å². The maximum Gasteiger partial charge on any atom is 0.257 e. The smallest absolute Gasteiger partial charge is 0.257 e. The molecule has 1 amide bonds. The fourth-order valence-corrected chi connectivity index (χ4v) is 1.97. The number of carbonyl (C=O) groups is 1. The predicted molar refractivity (Wildman–Crippen MR) is 74.9 cm³/mol. The summed E-state index contributed by atoms with van der Waals surface area (Å²) in [5.74, 6) is -0.105. The maximum absolute atomic E-state index is 12.2. The van der Waals surface area contributed by atoms with Crippen LogP contribution in [0.25, 0.3) is 0 Å². The number of hydrogen-bond donors (Lipinski definition) is 1. The Kier molecular flexibility index (Phi) is 3.76. The Morgan fingerprint density at radius 2 is 2.26 bits per heavy atom. The zero-order chi connectivity index (χ0) is 14.0. The molecule has 2 aromatic rings. The van der Waals surface area contributed by atoms with Crippen LogP contribution in [0.1, 0.15) is 15.9 Å². The van der Waals surface area contributed by atoms with Crippen molar-refractivity contribution in [2.24, 2.45) is 7.05 Å². The number of hydrogen-bond acceptors (Lipinski definition) is 3. The van der Waals surface area contributed by atoms with Crippen molar-refractivity contribution in [3.05, 3.63) is 46.7 Å². The number of halogens is 1. The second-order valence-electron chi connectivity index (χ2n) is 4.41. The van der Waals surface area contributed by atoms with Crippen LogP contribution in [0.4, 0.5) is 5.69 Å². The normalized spacial score (nSPS) is 10.5. The highest BCUT2D eigenvalue weighted by Crippen LogP contribution is 2.20. The molecule has 0 saturated heterocycles. The topological polar surface area (TPSA) is 64.2 Å². The van der Waals surface area contributed by atoms with Crippen molar-refractivity contribution in [2.45, 2.75) is 6.54 Å². The van der Waals surface area contributed by atoms with Gasteiger partial charge < -0.3 is 10.6 Å². The molecular formula is C13H15ClN4O. The second kappa shape index (κ2) is 5.32. The quantitative estimate of drug-likeness (QED) is 0.873. The lowest BCUT2D eigenvalue weighted by Crippen LogP contribution is -2.26. The average molecular weight is 279 g/mol. The largest absolute Gasteiger partial charge is 0.399 e. The van der Waals surface area contributed by atoms with Gasteiger partial charge in [0.15, 0.2) is 0 Å². The Hall–Kier alpha value is -2.01. The molecule has 2 rings (SSSR count). The number of carbonyl (C=O) groups excluding carboxylic acids is 1. The Bertz CT molecular complexity index is 608. The molecule has 0 unspecified atom stereocenters. The molecule has 1 aromatic heterocycles. The number of nitrogen functional groups attached to an aromatic ring is 1. The van der Waals surface area contributed by atoms with E-state index in [1.54, 1.807) is 54.3 Å². The summed E-state index contributed by atoms with van der Waals surface area (Å²) in [5.41, 5.74) is 7.71. The first kappa shape index (κ1) is 13.4. The first-order valence-electron chi connectivity index (χ1n) is 5.75. The van der Waals surface area contributed by atoms with E-state index in [1.165, 1.54) is 0 Å². The van der Waals surface area contributed by atoms with Crippen LogP contribution in [0, 0.1) is 0 Å². The lowest BCUT2D eigenvalue weighted by atomic mass is 10.2. The summed E-state index contributed by atoms with van der Waals surface area (Å²) in [4.78, 5) is 13.7. The lowest BCUT2D eigenvalue weighted by Gasteiger charge is -2.17. The van der Waals surface area contributed by atoms with Gasteiger partial charge in [0.2, 0.25) is 0 Å². The van der Waals surface area contributed by atoms with Gasteiger partial charge in [-0.25, -0.2) is 0 Å². The van der Waals surface area contributed by atoms with Gasteiger partial charge in [-0.1, -0.05) is 11.6 Å². The zero-order valence-electron chi connectivity index (χ0n) is 10.8. The fourth-order valence-electron chi connectivity index (χ4n) is 1.80. The molecule has 100 valence electrons. The molecule has 0 fully saturated rings. The molecule has 0 bridgehead atoms. The summed E-state index contributed by atoms with van der Waals surface area (Å²) in [7, 11) is 3.49. The number of rotatable bonds is 3. The van der Waals surface area contributed by atoms with Gasteiger partial charge in [0.1, 0.15) is 0 Å². The minimum absolute atomic E-state index is 0.105. The first-order valence-corrected chi connectivity index (χ1v) is 6.13. The fraction of sp³-hybridized carbons (Fsp3) is 0.231. The van der Waals surface area contributed by atoms with E-state index in [2.05, 4.69) is 5.10 Å². The number of aromatic nitrogens is 2. The van der Waals surface area contributed by atoms with Crippen molar-refractivity contribution in [1.82, 2.24) is 14.7 Å². The molecule has 19 heavy (non-hydrogen) atoms. The molecular weight excluding hydrogens is 264 g/mol. The van der Waals surface area contributed by atoms with Crippen LogP contribution in [0.2, 0.25) is 5.02 Å². The minimum Gasteiger partial charge on any atom is -0.399 e. The molecule has 1 heterocycles. The van der Waals surface area contributed by atoms with E-state index in [9.17, 15) is 4.79 Å². The van der Waals surface area contributed by atoms with Crippen LogP contribution >= 0.6 is 11.6 Å². The van der Waals surface area contributed by atoms with Gasteiger partial charge in [0.25, 0.3) is 5.91 Å². The maximum atomic E-state index is 12.2. The molecule has 6 heteroatoms. The van der Waals surface area contributed by atoms with Crippen LogP contribution in [0.15, 0.2) is 30.6 Å². The summed E-state index contributed by atoms with van der Waals surface area (Å²) < 4.78 is 1.59. The first-order chi connectivity index (χ1) is 8.97. The number of nitrogens with two attached hydrogens (primary N) is 1. The molecule has 0 aliphatic heterocycles. The van der Waals surface area contributed by atoms with Gasteiger partial charge in [-0.15, -0.1) is 0 Å². The summed E-state index contributed by atoms with van der Waals surface area (Å²) in [6.07, 6.45) is 3.22. The molecule has 1 aromatic carbocycles. The molecule has 0 aliphatic rings. The minimum atomic E-state index is -0.105. The number of benzene rings is 1. The van der Waals surface area contributed by atoms with Crippen LogP contribution in [0.3, 0.4) is 0 Å². The van der Waals surface area contributed by atoms with E-state index in [0.717, 1.165) is 5.56 Å². The third-order valence-electron chi connectivity index (χ3n) is 2.78. The third kappa shape index (κ3) is 3.06. The summed E-state index contributed by atoms with van der Waals surface area (Å²) >= 11 is 6.09. The highest BCUT2D eigenvalue weighted by Gasteiger charge is 2.15. The highest BCUT2D eigenvalue weighted by molar-refractivity contribution is 6.31. The molecule has 0 atom stereocenters. The van der Waals surface area contributed by atoms with Gasteiger partial charge in [-0.05, 0) is 23.8 Å². The Morgan fingerprint density at radius 3 is 2.89 bits per heavy atom. The molecule has 0 aliphatic carbocycles. The SMILES string of the molecule is CN(Cc1cc(N)ccc1Cl)C(=O)c1cnn(C)c1. The van der Waals surface area contributed by atoms with E-state index in [4.69, 9.17) is 17.3 Å². The molecule has 0 saturated carbocycles. The van der Waals surface area contributed by atoms with Gasteiger partial charge in [-0.3, -0.25) is 9.48 Å². The average Bonchev–Trinajstić information content (AvgIpc) is 2.79. The van der Waals surface area contributed by atoms with Gasteiger partial charge in [0, 0.05) is 37.5 Å². The van der Waals surface area contributed by atoms with Crippen LogP contribution in [-0.4, -0.2) is 27.6 Å². The Balaban J connectivity index is 2.14. The Labute approximate surface area is 116 Å². The van der Waals surface area contributed by atoms with Crippen molar-refractivity contribution in [3.8, 4) is 0 Å². The van der Waals surface area contributed by atoms with Crippen molar-refractivity contribution in [1.29, 1.82) is 0 Å². The van der Waals surface area contributed by atoms with Crippen molar-refractivity contribution in [2.75, 3.05) is 12.8 Å². The highest BCUT2D eigenvalue weighted by atomic mass is 35.5. The molecule has 0 radical (unpaired) electrons. The van der Waals surface area contributed by atoms with Crippen molar-refractivity contribution < 1.29 is 4.79 Å². The predicted octanol–water partition coefficient (Wildman–Crippen LogP) is 1.93. The second-order valence-corrected chi connectivity index (χ2v) is 4.82. The van der Waals surface area contributed by atoms with Crippen LogP contribution in [0.5, 0.6) is 0 Å². The van der Waals surface area contributed by atoms with Crippen molar-refractivity contribution >= 4 is 23.2 Å². The number of aryl methyl sites for hydroxylation is 1.